The molecule has 5 heteroatoms. The van der Waals surface area contributed by atoms with Gasteiger partial charge in [-0.05, 0) is 37.8 Å². The average molecular weight is 290 g/mol. The minimum Gasteiger partial charge on any atom is -0.396 e. The van der Waals surface area contributed by atoms with E-state index >= 15 is 0 Å². The molecule has 0 aliphatic carbocycles. The van der Waals surface area contributed by atoms with Gasteiger partial charge in [0.25, 0.3) is 5.91 Å². The molecule has 2 amide bonds. The van der Waals surface area contributed by atoms with Crippen LogP contribution in [0.15, 0.2) is 24.3 Å². The summed E-state index contributed by atoms with van der Waals surface area (Å²) in [6.07, 6.45) is 1.65. The van der Waals surface area contributed by atoms with Crippen LogP contribution in [0.1, 0.15) is 28.8 Å². The first-order valence-electron chi connectivity index (χ1n) is 7.33. The predicted octanol–water partition coefficient (Wildman–Crippen LogP) is 0.956. The van der Waals surface area contributed by atoms with Crippen molar-refractivity contribution in [3.05, 3.63) is 35.4 Å². The summed E-state index contributed by atoms with van der Waals surface area (Å²) in [4.78, 5) is 25.8. The Balaban J connectivity index is 1.80. The van der Waals surface area contributed by atoms with Gasteiger partial charge in [-0.25, -0.2) is 0 Å². The molecular formula is C16H22N2O3. The van der Waals surface area contributed by atoms with E-state index in [0.717, 1.165) is 18.4 Å². The van der Waals surface area contributed by atoms with Gasteiger partial charge in [0.05, 0.1) is 6.54 Å². The third kappa shape index (κ3) is 4.29. The topological polar surface area (TPSA) is 69.6 Å². The summed E-state index contributed by atoms with van der Waals surface area (Å²) in [5.41, 5.74) is 1.59. The zero-order valence-electron chi connectivity index (χ0n) is 12.3. The van der Waals surface area contributed by atoms with Gasteiger partial charge < -0.3 is 15.3 Å². The van der Waals surface area contributed by atoms with Crippen molar-refractivity contribution in [2.75, 3.05) is 26.2 Å². The molecule has 1 aromatic carbocycles. The number of nitrogens with zero attached hydrogens (tertiary/aromatic N) is 1. The highest BCUT2D eigenvalue weighted by Gasteiger charge is 2.22. The second-order valence-corrected chi connectivity index (χ2v) is 5.56. The normalized spacial score (nSPS) is 15.8. The number of carbonyl (C=O) groups is 2. The standard InChI is InChI=1S/C16H22N2O3/c1-12-3-2-4-14(9-12)16(21)17-10-15(20)18-7-5-13(11-19)6-8-18/h2-4,9,13,19H,5-8,10-11H2,1H3,(H,17,21). The quantitative estimate of drug-likeness (QED) is 0.867. The highest BCUT2D eigenvalue weighted by atomic mass is 16.3. The van der Waals surface area contributed by atoms with Gasteiger partial charge in [-0.15, -0.1) is 0 Å². The van der Waals surface area contributed by atoms with Crippen molar-refractivity contribution < 1.29 is 14.7 Å². The molecule has 114 valence electrons. The lowest BCUT2D eigenvalue weighted by molar-refractivity contribution is -0.131. The summed E-state index contributed by atoms with van der Waals surface area (Å²) in [6, 6.07) is 7.28. The van der Waals surface area contributed by atoms with Crippen LogP contribution in [0.25, 0.3) is 0 Å². The van der Waals surface area contributed by atoms with Gasteiger partial charge in [-0.1, -0.05) is 17.7 Å². The molecule has 21 heavy (non-hydrogen) atoms. The molecule has 1 fully saturated rings. The second kappa shape index (κ2) is 7.22. The lowest BCUT2D eigenvalue weighted by Gasteiger charge is -2.31. The number of hydrogen-bond donors (Lipinski definition) is 2. The lowest BCUT2D eigenvalue weighted by Crippen LogP contribution is -2.44. The van der Waals surface area contributed by atoms with Crippen LogP contribution in [0, 0.1) is 12.8 Å². The van der Waals surface area contributed by atoms with Crippen molar-refractivity contribution in [3.8, 4) is 0 Å². The van der Waals surface area contributed by atoms with Crippen molar-refractivity contribution in [2.45, 2.75) is 19.8 Å². The van der Waals surface area contributed by atoms with E-state index in [1.165, 1.54) is 0 Å². The number of carbonyl (C=O) groups excluding carboxylic acids is 2. The zero-order valence-corrected chi connectivity index (χ0v) is 12.3. The Hall–Kier alpha value is -1.88. The van der Waals surface area contributed by atoms with Gasteiger partial charge in [0.1, 0.15) is 0 Å². The minimum absolute atomic E-state index is 0.0244. The number of benzene rings is 1. The summed E-state index contributed by atoms with van der Waals surface area (Å²) >= 11 is 0. The van der Waals surface area contributed by atoms with Gasteiger partial charge >= 0.3 is 0 Å². The molecule has 1 aliphatic heterocycles. The molecule has 0 saturated carbocycles. The van der Waals surface area contributed by atoms with Crippen LogP contribution in [0.5, 0.6) is 0 Å². The largest absolute Gasteiger partial charge is 0.396 e. The van der Waals surface area contributed by atoms with Crippen molar-refractivity contribution in [1.29, 1.82) is 0 Å². The van der Waals surface area contributed by atoms with E-state index in [9.17, 15) is 9.59 Å². The van der Waals surface area contributed by atoms with Crippen LogP contribution >= 0.6 is 0 Å². The van der Waals surface area contributed by atoms with Crippen LogP contribution in [0.3, 0.4) is 0 Å². The van der Waals surface area contributed by atoms with Crippen molar-refractivity contribution in [3.63, 3.8) is 0 Å². The number of rotatable bonds is 4. The van der Waals surface area contributed by atoms with Gasteiger partial charge in [-0.3, -0.25) is 9.59 Å². The van der Waals surface area contributed by atoms with Crippen LogP contribution in [-0.2, 0) is 4.79 Å². The Bertz CT molecular complexity index is 508. The lowest BCUT2D eigenvalue weighted by atomic mass is 9.98. The number of aliphatic hydroxyl groups is 1. The molecule has 0 aromatic heterocycles. The monoisotopic (exact) mass is 290 g/mol. The molecule has 1 aromatic rings. The highest BCUT2D eigenvalue weighted by molar-refractivity contribution is 5.96. The third-order valence-electron chi connectivity index (χ3n) is 3.91. The summed E-state index contributed by atoms with van der Waals surface area (Å²) in [5.74, 6) is 0.0145. The fourth-order valence-electron chi connectivity index (χ4n) is 2.52. The number of amides is 2. The SMILES string of the molecule is Cc1cccc(C(=O)NCC(=O)N2CCC(CO)CC2)c1. The van der Waals surface area contributed by atoms with E-state index in [1.807, 2.05) is 19.1 Å². The van der Waals surface area contributed by atoms with Gasteiger partial charge in [0.2, 0.25) is 5.91 Å². The maximum atomic E-state index is 12.0. The average Bonchev–Trinajstić information content (AvgIpc) is 2.52. The van der Waals surface area contributed by atoms with Crippen molar-refractivity contribution in [2.24, 2.45) is 5.92 Å². The third-order valence-corrected chi connectivity index (χ3v) is 3.91. The Morgan fingerprint density at radius 2 is 2.05 bits per heavy atom. The predicted molar refractivity (Wildman–Crippen MR) is 79.9 cm³/mol. The first-order chi connectivity index (χ1) is 10.1. The summed E-state index contributed by atoms with van der Waals surface area (Å²) in [6.45, 7) is 3.45. The molecule has 0 bridgehead atoms. The second-order valence-electron chi connectivity index (χ2n) is 5.56. The van der Waals surface area contributed by atoms with Crippen molar-refractivity contribution in [1.82, 2.24) is 10.2 Å². The molecular weight excluding hydrogens is 268 g/mol. The molecule has 0 radical (unpaired) electrons. The maximum Gasteiger partial charge on any atom is 0.251 e. The molecule has 1 heterocycles. The molecule has 0 spiro atoms. The number of nitrogens with one attached hydrogen (secondary N) is 1. The minimum atomic E-state index is -0.225. The first kappa shape index (κ1) is 15.5. The van der Waals surface area contributed by atoms with E-state index in [4.69, 9.17) is 5.11 Å². The first-order valence-corrected chi connectivity index (χ1v) is 7.33. The number of piperidine rings is 1. The van der Waals surface area contributed by atoms with Gasteiger partial charge in [0.15, 0.2) is 0 Å². The number of hydrogen-bond acceptors (Lipinski definition) is 3. The summed E-state index contributed by atoms with van der Waals surface area (Å²) < 4.78 is 0. The summed E-state index contributed by atoms with van der Waals surface area (Å²) in [5, 5.41) is 11.7. The van der Waals surface area contributed by atoms with Crippen LogP contribution in [-0.4, -0.2) is 48.1 Å². The van der Waals surface area contributed by atoms with Crippen LogP contribution < -0.4 is 5.32 Å². The smallest absolute Gasteiger partial charge is 0.251 e. The van der Waals surface area contributed by atoms with E-state index < -0.39 is 0 Å². The van der Waals surface area contributed by atoms with E-state index in [-0.39, 0.29) is 25.0 Å². The molecule has 0 unspecified atom stereocenters. The molecule has 1 aliphatic rings. The van der Waals surface area contributed by atoms with Crippen LogP contribution in [0.4, 0.5) is 0 Å². The van der Waals surface area contributed by atoms with Gasteiger partial charge in [-0.2, -0.15) is 0 Å². The van der Waals surface area contributed by atoms with Crippen LogP contribution in [0.2, 0.25) is 0 Å². The molecule has 0 atom stereocenters. The fourth-order valence-corrected chi connectivity index (χ4v) is 2.52. The Kier molecular flexibility index (Phi) is 5.33. The number of aliphatic hydroxyl groups excluding tert-OH is 1. The molecule has 5 nitrogen and oxygen atoms in total. The number of aryl methyl sites for hydroxylation is 1. The number of likely N-dealkylation sites (tertiary alicyclic amines) is 1. The zero-order chi connectivity index (χ0) is 15.2. The molecule has 2 N–H and O–H groups in total. The fraction of sp³-hybridized carbons (Fsp3) is 0.500. The Labute approximate surface area is 125 Å². The highest BCUT2D eigenvalue weighted by Crippen LogP contribution is 2.16. The van der Waals surface area contributed by atoms with E-state index in [1.54, 1.807) is 17.0 Å². The maximum absolute atomic E-state index is 12.0. The van der Waals surface area contributed by atoms with E-state index in [0.29, 0.717) is 24.6 Å². The Morgan fingerprint density at radius 1 is 1.33 bits per heavy atom. The summed E-state index contributed by atoms with van der Waals surface area (Å²) in [7, 11) is 0. The van der Waals surface area contributed by atoms with E-state index in [2.05, 4.69) is 5.32 Å². The molecule has 1 saturated heterocycles. The Morgan fingerprint density at radius 3 is 2.67 bits per heavy atom. The van der Waals surface area contributed by atoms with Gasteiger partial charge in [0, 0.05) is 25.3 Å². The molecule has 2 rings (SSSR count). The van der Waals surface area contributed by atoms with Crippen molar-refractivity contribution >= 4 is 11.8 Å².